The first-order chi connectivity index (χ1) is 14.4. The van der Waals surface area contributed by atoms with Gasteiger partial charge in [-0.05, 0) is 81.5 Å². The number of aliphatic hydroxyl groups is 2. The third-order valence-corrected chi connectivity index (χ3v) is 6.53. The van der Waals surface area contributed by atoms with Gasteiger partial charge in [0.1, 0.15) is 23.7 Å². The Morgan fingerprint density at radius 3 is 1.67 bits per heavy atom. The summed E-state index contributed by atoms with van der Waals surface area (Å²) in [5, 5.41) is 21.5. The molecule has 0 fully saturated rings. The highest BCUT2D eigenvalue weighted by molar-refractivity contribution is 5.39. The zero-order valence-corrected chi connectivity index (χ0v) is 18.3. The summed E-state index contributed by atoms with van der Waals surface area (Å²) in [5.74, 6) is 1.97. The standard InChI is InChI=1S/C26H34O4/c1-16-4-8-23-19(12-16)6-10-25(29-23)21(27)14-18(3)15-22(28)26-11-7-20-13-17(2)5-9-24(20)30-26/h4-5,8-9,12-13,18,21-22,25-28H,6-7,10-11,14-15H2,1-3H3/t18?,21-,22-,25-,26+/m1/s1. The lowest BCUT2D eigenvalue weighted by Gasteiger charge is -2.33. The van der Waals surface area contributed by atoms with E-state index in [2.05, 4.69) is 45.0 Å². The molecule has 0 saturated heterocycles. The molecule has 0 bridgehead atoms. The highest BCUT2D eigenvalue weighted by Gasteiger charge is 2.31. The molecular formula is C26H34O4. The van der Waals surface area contributed by atoms with Gasteiger partial charge in [0.15, 0.2) is 0 Å². The van der Waals surface area contributed by atoms with Crippen molar-refractivity contribution in [3.05, 3.63) is 58.7 Å². The predicted octanol–water partition coefficient (Wildman–Crippen LogP) is 4.53. The van der Waals surface area contributed by atoms with Crippen molar-refractivity contribution in [2.24, 2.45) is 5.92 Å². The fraction of sp³-hybridized carbons (Fsp3) is 0.538. The van der Waals surface area contributed by atoms with Gasteiger partial charge < -0.3 is 19.7 Å². The summed E-state index contributed by atoms with van der Waals surface area (Å²) in [5.41, 5.74) is 4.93. The molecule has 2 aromatic rings. The van der Waals surface area contributed by atoms with Gasteiger partial charge in [0.2, 0.25) is 0 Å². The van der Waals surface area contributed by atoms with Gasteiger partial charge in [-0.3, -0.25) is 0 Å². The minimum atomic E-state index is -0.530. The van der Waals surface area contributed by atoms with Gasteiger partial charge in [-0.15, -0.1) is 0 Å². The molecule has 162 valence electrons. The van der Waals surface area contributed by atoms with Crippen LogP contribution < -0.4 is 9.47 Å². The van der Waals surface area contributed by atoms with Gasteiger partial charge in [-0.2, -0.15) is 0 Å². The molecule has 0 aliphatic carbocycles. The molecule has 0 saturated carbocycles. The second-order valence-corrected chi connectivity index (χ2v) is 9.32. The van der Waals surface area contributed by atoms with E-state index in [0.29, 0.717) is 12.8 Å². The molecule has 2 heterocycles. The van der Waals surface area contributed by atoms with E-state index >= 15 is 0 Å². The number of fused-ring (bicyclic) bond motifs is 2. The first-order valence-corrected chi connectivity index (χ1v) is 11.3. The van der Waals surface area contributed by atoms with Crippen LogP contribution in [-0.4, -0.2) is 34.6 Å². The fourth-order valence-corrected chi connectivity index (χ4v) is 4.84. The van der Waals surface area contributed by atoms with Crippen molar-refractivity contribution in [3.8, 4) is 11.5 Å². The predicted molar refractivity (Wildman–Crippen MR) is 118 cm³/mol. The Bertz CT molecular complexity index is 806. The zero-order chi connectivity index (χ0) is 21.3. The van der Waals surface area contributed by atoms with Gasteiger partial charge in [-0.25, -0.2) is 0 Å². The van der Waals surface area contributed by atoms with Crippen LogP contribution in [0.25, 0.3) is 0 Å². The zero-order valence-electron chi connectivity index (χ0n) is 18.3. The first kappa shape index (κ1) is 21.2. The molecule has 2 N–H and O–H groups in total. The fourth-order valence-electron chi connectivity index (χ4n) is 4.84. The van der Waals surface area contributed by atoms with E-state index in [1.54, 1.807) is 0 Å². The highest BCUT2D eigenvalue weighted by atomic mass is 16.5. The van der Waals surface area contributed by atoms with Gasteiger partial charge in [0, 0.05) is 0 Å². The van der Waals surface area contributed by atoms with Crippen LogP contribution in [0.5, 0.6) is 11.5 Å². The van der Waals surface area contributed by atoms with Crippen LogP contribution in [0.1, 0.15) is 54.9 Å². The Morgan fingerprint density at radius 2 is 1.23 bits per heavy atom. The van der Waals surface area contributed by atoms with E-state index in [4.69, 9.17) is 9.47 Å². The second kappa shape index (κ2) is 8.99. The van der Waals surface area contributed by atoms with Gasteiger partial charge in [0.25, 0.3) is 0 Å². The molecule has 4 nitrogen and oxygen atoms in total. The number of benzene rings is 2. The van der Waals surface area contributed by atoms with Crippen LogP contribution in [0.2, 0.25) is 0 Å². The molecule has 0 spiro atoms. The Morgan fingerprint density at radius 1 is 0.800 bits per heavy atom. The minimum absolute atomic E-state index is 0.180. The van der Waals surface area contributed by atoms with Gasteiger partial charge in [0.05, 0.1) is 12.2 Å². The number of ether oxygens (including phenoxy) is 2. The van der Waals surface area contributed by atoms with Gasteiger partial charge in [-0.1, -0.05) is 42.3 Å². The van der Waals surface area contributed by atoms with E-state index < -0.39 is 12.2 Å². The van der Waals surface area contributed by atoms with Gasteiger partial charge >= 0.3 is 0 Å². The number of aryl methyl sites for hydroxylation is 4. The van der Waals surface area contributed by atoms with E-state index in [-0.39, 0.29) is 18.1 Å². The van der Waals surface area contributed by atoms with E-state index in [1.807, 2.05) is 12.1 Å². The van der Waals surface area contributed by atoms with Crippen molar-refractivity contribution in [2.75, 3.05) is 0 Å². The summed E-state index contributed by atoms with van der Waals surface area (Å²) in [4.78, 5) is 0. The Labute approximate surface area is 179 Å². The lowest BCUT2D eigenvalue weighted by atomic mass is 9.88. The van der Waals surface area contributed by atoms with Crippen molar-refractivity contribution in [2.45, 2.75) is 83.7 Å². The molecule has 4 rings (SSSR count). The summed E-state index contributed by atoms with van der Waals surface area (Å²) < 4.78 is 12.2. The average Bonchev–Trinajstić information content (AvgIpc) is 2.72. The molecule has 4 heteroatoms. The summed E-state index contributed by atoms with van der Waals surface area (Å²) >= 11 is 0. The first-order valence-electron chi connectivity index (χ1n) is 11.3. The summed E-state index contributed by atoms with van der Waals surface area (Å²) in [6.07, 6.45) is 3.34. The van der Waals surface area contributed by atoms with Crippen molar-refractivity contribution < 1.29 is 19.7 Å². The van der Waals surface area contributed by atoms with Crippen LogP contribution in [-0.2, 0) is 12.8 Å². The van der Waals surface area contributed by atoms with Crippen molar-refractivity contribution in [3.63, 3.8) is 0 Å². The van der Waals surface area contributed by atoms with Crippen molar-refractivity contribution >= 4 is 0 Å². The summed E-state index contributed by atoms with van der Waals surface area (Å²) in [6, 6.07) is 12.5. The number of aliphatic hydroxyl groups excluding tert-OH is 2. The second-order valence-electron chi connectivity index (χ2n) is 9.32. The molecule has 30 heavy (non-hydrogen) atoms. The van der Waals surface area contributed by atoms with E-state index in [1.165, 1.54) is 22.3 Å². The van der Waals surface area contributed by atoms with Crippen molar-refractivity contribution in [1.82, 2.24) is 0 Å². The molecule has 0 amide bonds. The number of hydrogen-bond acceptors (Lipinski definition) is 4. The molecule has 0 radical (unpaired) electrons. The lowest BCUT2D eigenvalue weighted by Crippen LogP contribution is -2.38. The Balaban J connectivity index is 1.28. The summed E-state index contributed by atoms with van der Waals surface area (Å²) in [6.45, 7) is 6.26. The van der Waals surface area contributed by atoms with E-state index in [9.17, 15) is 10.2 Å². The lowest BCUT2D eigenvalue weighted by molar-refractivity contribution is -0.0117. The molecule has 2 aliphatic heterocycles. The topological polar surface area (TPSA) is 58.9 Å². The van der Waals surface area contributed by atoms with Crippen LogP contribution in [0.15, 0.2) is 36.4 Å². The number of rotatable bonds is 6. The molecule has 5 atom stereocenters. The molecular weight excluding hydrogens is 376 g/mol. The molecule has 1 unspecified atom stereocenters. The van der Waals surface area contributed by atoms with Crippen LogP contribution >= 0.6 is 0 Å². The maximum atomic E-state index is 10.8. The van der Waals surface area contributed by atoms with Crippen LogP contribution in [0, 0.1) is 19.8 Å². The minimum Gasteiger partial charge on any atom is -0.487 e. The maximum Gasteiger partial charge on any atom is 0.125 e. The average molecular weight is 411 g/mol. The quantitative estimate of drug-likeness (QED) is 0.735. The molecule has 2 aromatic carbocycles. The highest BCUT2D eigenvalue weighted by Crippen LogP contribution is 2.33. The molecule has 2 aliphatic rings. The SMILES string of the molecule is Cc1ccc2c(c1)CC[C@@H]([C@H](O)CC(C)C[C@@H](O)[C@H]1CCc3cc(C)ccc3O1)O2. The van der Waals surface area contributed by atoms with Crippen LogP contribution in [0.4, 0.5) is 0 Å². The third-order valence-electron chi connectivity index (χ3n) is 6.53. The summed E-state index contributed by atoms with van der Waals surface area (Å²) in [7, 11) is 0. The monoisotopic (exact) mass is 410 g/mol. The molecule has 0 aromatic heterocycles. The maximum absolute atomic E-state index is 10.8. The van der Waals surface area contributed by atoms with E-state index in [0.717, 1.165) is 37.2 Å². The third kappa shape index (κ3) is 4.81. The smallest absolute Gasteiger partial charge is 0.125 e. The van der Waals surface area contributed by atoms with Crippen molar-refractivity contribution in [1.29, 1.82) is 0 Å². The largest absolute Gasteiger partial charge is 0.487 e. The van der Waals surface area contributed by atoms with Crippen LogP contribution in [0.3, 0.4) is 0 Å². The number of hydrogen-bond donors (Lipinski definition) is 2. The normalized spacial score (nSPS) is 23.4. The Kier molecular flexibility index (Phi) is 6.35. The Hall–Kier alpha value is -2.04.